The normalized spacial score (nSPS) is 19.3. The van der Waals surface area contributed by atoms with Crippen molar-refractivity contribution in [1.29, 1.82) is 0 Å². The van der Waals surface area contributed by atoms with Crippen molar-refractivity contribution in [2.45, 2.75) is 6.42 Å². The Bertz CT molecular complexity index is 594. The van der Waals surface area contributed by atoms with E-state index in [1.807, 2.05) is 29.2 Å². The van der Waals surface area contributed by atoms with Crippen LogP contribution in [-0.2, 0) is 4.79 Å². The van der Waals surface area contributed by atoms with Crippen molar-refractivity contribution in [3.63, 3.8) is 0 Å². The fourth-order valence-electron chi connectivity index (χ4n) is 2.40. The lowest BCUT2D eigenvalue weighted by molar-refractivity contribution is -0.140. The number of benzene rings is 1. The Morgan fingerprint density at radius 3 is 2.94 bits per heavy atom. The average Bonchev–Trinajstić information content (AvgIpc) is 2.87. The minimum absolute atomic E-state index is 0.293. The summed E-state index contributed by atoms with van der Waals surface area (Å²) in [6.45, 7) is 1.26. The Balaban J connectivity index is 1.98. The van der Waals surface area contributed by atoms with Gasteiger partial charge < -0.3 is 10.0 Å². The van der Waals surface area contributed by atoms with E-state index in [9.17, 15) is 4.79 Å². The molecule has 2 heterocycles. The third kappa shape index (κ3) is 1.77. The largest absolute Gasteiger partial charge is 0.481 e. The Hall–Kier alpha value is -2.17. The molecule has 1 aromatic heterocycles. The summed E-state index contributed by atoms with van der Waals surface area (Å²) in [5, 5.41) is 10.0. The van der Waals surface area contributed by atoms with E-state index < -0.39 is 5.97 Å². The molecule has 3 rings (SSSR count). The summed E-state index contributed by atoms with van der Waals surface area (Å²) >= 11 is 0. The third-order valence-electron chi connectivity index (χ3n) is 3.36. The zero-order valence-corrected chi connectivity index (χ0v) is 9.78. The monoisotopic (exact) mass is 243 g/mol. The highest BCUT2D eigenvalue weighted by Gasteiger charge is 2.29. The first-order valence-corrected chi connectivity index (χ1v) is 5.93. The molecule has 1 aliphatic heterocycles. The standard InChI is InChI=1S/C13H13N3O2/c17-13(18)9-5-6-16(7-9)12-10-3-1-2-4-11(10)14-8-15-12/h1-4,8-9H,5-7H2,(H,17,18)/t9-/m1/s1. The second kappa shape index (κ2) is 4.25. The van der Waals surface area contributed by atoms with Crippen molar-refractivity contribution in [3.05, 3.63) is 30.6 Å². The Labute approximate surface area is 104 Å². The molecule has 0 radical (unpaired) electrons. The number of fused-ring (bicyclic) bond motifs is 1. The van der Waals surface area contributed by atoms with E-state index in [0.717, 1.165) is 23.3 Å². The number of hydrogen-bond donors (Lipinski definition) is 1. The van der Waals surface area contributed by atoms with Gasteiger partial charge in [0.15, 0.2) is 0 Å². The summed E-state index contributed by atoms with van der Waals surface area (Å²) < 4.78 is 0. The van der Waals surface area contributed by atoms with Crippen LogP contribution in [0, 0.1) is 5.92 Å². The number of para-hydroxylation sites is 1. The minimum atomic E-state index is -0.726. The molecule has 1 aromatic carbocycles. The van der Waals surface area contributed by atoms with Crippen LogP contribution in [-0.4, -0.2) is 34.1 Å². The maximum Gasteiger partial charge on any atom is 0.308 e. The lowest BCUT2D eigenvalue weighted by atomic mass is 10.1. The first kappa shape index (κ1) is 11.0. The van der Waals surface area contributed by atoms with Gasteiger partial charge in [0.2, 0.25) is 0 Å². The van der Waals surface area contributed by atoms with Gasteiger partial charge in [-0.2, -0.15) is 0 Å². The van der Waals surface area contributed by atoms with Gasteiger partial charge in [0, 0.05) is 18.5 Å². The molecule has 92 valence electrons. The maximum atomic E-state index is 11.0. The number of rotatable bonds is 2. The summed E-state index contributed by atoms with van der Waals surface area (Å²) in [6, 6.07) is 7.78. The molecule has 0 saturated carbocycles. The fourth-order valence-corrected chi connectivity index (χ4v) is 2.40. The second-order valence-electron chi connectivity index (χ2n) is 4.48. The van der Waals surface area contributed by atoms with Crippen molar-refractivity contribution in [2.24, 2.45) is 5.92 Å². The molecule has 5 nitrogen and oxygen atoms in total. The number of anilines is 1. The fraction of sp³-hybridized carbons (Fsp3) is 0.308. The first-order valence-electron chi connectivity index (χ1n) is 5.93. The van der Waals surface area contributed by atoms with Gasteiger partial charge in [-0.25, -0.2) is 9.97 Å². The lowest BCUT2D eigenvalue weighted by Gasteiger charge is -2.18. The summed E-state index contributed by atoms with van der Waals surface area (Å²) in [5.74, 6) is -0.182. The van der Waals surface area contributed by atoms with E-state index in [0.29, 0.717) is 13.0 Å². The summed E-state index contributed by atoms with van der Waals surface area (Å²) in [6.07, 6.45) is 2.21. The quantitative estimate of drug-likeness (QED) is 0.866. The van der Waals surface area contributed by atoms with E-state index in [1.54, 1.807) is 0 Å². The number of aliphatic carboxylic acids is 1. The molecular formula is C13H13N3O2. The van der Waals surface area contributed by atoms with Crippen molar-refractivity contribution in [2.75, 3.05) is 18.0 Å². The van der Waals surface area contributed by atoms with Gasteiger partial charge in [-0.1, -0.05) is 12.1 Å². The number of carbonyl (C=O) groups is 1. The summed E-state index contributed by atoms with van der Waals surface area (Å²) in [4.78, 5) is 21.5. The van der Waals surface area contributed by atoms with Gasteiger partial charge >= 0.3 is 5.97 Å². The van der Waals surface area contributed by atoms with Crippen LogP contribution < -0.4 is 4.90 Å². The van der Waals surface area contributed by atoms with E-state index in [2.05, 4.69) is 9.97 Å². The number of carboxylic acids is 1. The molecule has 0 aliphatic carbocycles. The van der Waals surface area contributed by atoms with Crippen LogP contribution in [0.1, 0.15) is 6.42 Å². The highest BCUT2D eigenvalue weighted by Crippen LogP contribution is 2.27. The van der Waals surface area contributed by atoms with Crippen LogP contribution in [0.2, 0.25) is 0 Å². The van der Waals surface area contributed by atoms with E-state index in [1.165, 1.54) is 6.33 Å². The Kier molecular flexibility index (Phi) is 2.59. The molecule has 1 N–H and O–H groups in total. The van der Waals surface area contributed by atoms with Crippen LogP contribution >= 0.6 is 0 Å². The van der Waals surface area contributed by atoms with Gasteiger partial charge in [0.05, 0.1) is 11.4 Å². The molecule has 2 aromatic rings. The molecular weight excluding hydrogens is 230 g/mol. The molecule has 1 fully saturated rings. The number of carboxylic acid groups (broad SMARTS) is 1. The van der Waals surface area contributed by atoms with E-state index >= 15 is 0 Å². The molecule has 1 aliphatic rings. The molecule has 0 amide bonds. The zero-order chi connectivity index (χ0) is 12.5. The van der Waals surface area contributed by atoms with Gasteiger partial charge in [-0.05, 0) is 18.6 Å². The van der Waals surface area contributed by atoms with Crippen LogP contribution in [0.15, 0.2) is 30.6 Å². The predicted molar refractivity (Wildman–Crippen MR) is 67.5 cm³/mol. The Morgan fingerprint density at radius 1 is 1.33 bits per heavy atom. The zero-order valence-electron chi connectivity index (χ0n) is 9.78. The molecule has 1 saturated heterocycles. The van der Waals surface area contributed by atoms with Crippen LogP contribution in [0.4, 0.5) is 5.82 Å². The molecule has 0 spiro atoms. The van der Waals surface area contributed by atoms with Gasteiger partial charge in [-0.15, -0.1) is 0 Å². The predicted octanol–water partition coefficient (Wildman–Crippen LogP) is 1.54. The summed E-state index contributed by atoms with van der Waals surface area (Å²) in [5.41, 5.74) is 0.890. The average molecular weight is 243 g/mol. The van der Waals surface area contributed by atoms with E-state index in [4.69, 9.17) is 5.11 Å². The van der Waals surface area contributed by atoms with Gasteiger partial charge in [0.1, 0.15) is 12.1 Å². The lowest BCUT2D eigenvalue weighted by Crippen LogP contribution is -2.23. The smallest absolute Gasteiger partial charge is 0.308 e. The van der Waals surface area contributed by atoms with Crippen molar-refractivity contribution < 1.29 is 9.90 Å². The molecule has 0 unspecified atom stereocenters. The molecule has 18 heavy (non-hydrogen) atoms. The maximum absolute atomic E-state index is 11.0. The van der Waals surface area contributed by atoms with Crippen LogP contribution in [0.5, 0.6) is 0 Å². The number of hydrogen-bond acceptors (Lipinski definition) is 4. The SMILES string of the molecule is O=C(O)[C@@H]1CCN(c2ncnc3ccccc23)C1. The third-order valence-corrected chi connectivity index (χ3v) is 3.36. The Morgan fingerprint density at radius 2 is 2.17 bits per heavy atom. The number of nitrogens with zero attached hydrogens (tertiary/aromatic N) is 3. The van der Waals surface area contributed by atoms with Gasteiger partial charge in [0.25, 0.3) is 0 Å². The first-order chi connectivity index (χ1) is 8.75. The van der Waals surface area contributed by atoms with E-state index in [-0.39, 0.29) is 5.92 Å². The van der Waals surface area contributed by atoms with Crippen LogP contribution in [0.25, 0.3) is 10.9 Å². The molecule has 1 atom stereocenters. The highest BCUT2D eigenvalue weighted by molar-refractivity contribution is 5.89. The van der Waals surface area contributed by atoms with Gasteiger partial charge in [-0.3, -0.25) is 4.79 Å². The van der Waals surface area contributed by atoms with Crippen molar-refractivity contribution in [1.82, 2.24) is 9.97 Å². The molecule has 0 bridgehead atoms. The molecule has 5 heteroatoms. The second-order valence-corrected chi connectivity index (χ2v) is 4.48. The topological polar surface area (TPSA) is 66.3 Å². The van der Waals surface area contributed by atoms with Crippen molar-refractivity contribution in [3.8, 4) is 0 Å². The number of aromatic nitrogens is 2. The highest BCUT2D eigenvalue weighted by atomic mass is 16.4. The van der Waals surface area contributed by atoms with Crippen molar-refractivity contribution >= 4 is 22.7 Å². The minimum Gasteiger partial charge on any atom is -0.481 e. The van der Waals surface area contributed by atoms with Crippen LogP contribution in [0.3, 0.4) is 0 Å². The summed E-state index contributed by atoms with van der Waals surface area (Å²) in [7, 11) is 0.